The van der Waals surface area contributed by atoms with Crippen LogP contribution in [0.5, 0.6) is 0 Å². The van der Waals surface area contributed by atoms with Crippen molar-refractivity contribution in [2.45, 2.75) is 204 Å². The van der Waals surface area contributed by atoms with Crippen molar-refractivity contribution in [2.24, 2.45) is 34.5 Å². The Kier molecular flexibility index (Phi) is 12.0. The van der Waals surface area contributed by atoms with Crippen molar-refractivity contribution in [1.82, 2.24) is 0 Å². The van der Waals surface area contributed by atoms with Crippen LogP contribution < -0.4 is 0 Å². The molecular formula is C43H66O15. The summed E-state index contributed by atoms with van der Waals surface area (Å²) >= 11 is 0. The fraction of sp³-hybridized carbons (Fsp3) is 0.907. The number of hydrogen-bond donors (Lipinski definition) is 5. The maximum atomic E-state index is 12.6. The number of cyclic esters (lactones) is 1. The van der Waals surface area contributed by atoms with Gasteiger partial charge in [0.2, 0.25) is 0 Å². The van der Waals surface area contributed by atoms with E-state index >= 15 is 0 Å². The summed E-state index contributed by atoms with van der Waals surface area (Å²) in [5, 5.41) is 57.3. The topological polar surface area (TPSA) is 209 Å². The first-order valence-corrected chi connectivity index (χ1v) is 21.8. The van der Waals surface area contributed by atoms with Crippen molar-refractivity contribution in [1.29, 1.82) is 0 Å². The maximum Gasteiger partial charge on any atom is 0.331 e. The van der Waals surface area contributed by atoms with Gasteiger partial charge in [-0.15, -0.1) is 0 Å². The molecule has 5 N–H and O–H groups in total. The van der Waals surface area contributed by atoms with Gasteiger partial charge >= 0.3 is 11.9 Å². The van der Waals surface area contributed by atoms with Gasteiger partial charge in [-0.25, -0.2) is 4.79 Å². The Labute approximate surface area is 341 Å². The maximum absolute atomic E-state index is 12.6. The SMILES string of the molecule is CC(=O)O[C@H]1C[C@@H](O[C@@H]2[C@H](O)C[C@@H](O[C@@H]3[C@H](O)C[C@@H](O[C@H]4CC[C@@]5(C)[C@@H](CC[C@H]6[C@H]5C[C@@H](O)[C@]5(C)[C@H](C7=CC(=O)OC7)CC[C@]65O)C4)O[C@@H]3C)O[C@@H]2C)O[C@H](C)[C@@H]1O. The minimum Gasteiger partial charge on any atom is -0.459 e. The molecule has 0 radical (unpaired) electrons. The third-order valence-electron chi connectivity index (χ3n) is 16.2. The van der Waals surface area contributed by atoms with Gasteiger partial charge in [0.05, 0.1) is 48.3 Å². The van der Waals surface area contributed by atoms with Crippen molar-refractivity contribution in [3.63, 3.8) is 0 Å². The molecule has 0 bridgehead atoms. The molecule has 0 aromatic heterocycles. The predicted octanol–water partition coefficient (Wildman–Crippen LogP) is 2.79. The van der Waals surface area contributed by atoms with Crippen molar-refractivity contribution < 1.29 is 73.0 Å². The second-order valence-corrected chi connectivity index (χ2v) is 19.4. The number of rotatable bonds is 8. The number of esters is 2. The van der Waals surface area contributed by atoms with Gasteiger partial charge in [0.1, 0.15) is 31.0 Å². The lowest BCUT2D eigenvalue weighted by atomic mass is 9.42. The fourth-order valence-corrected chi connectivity index (χ4v) is 13.1. The van der Waals surface area contributed by atoms with Crippen LogP contribution in [0.4, 0.5) is 0 Å². The zero-order chi connectivity index (χ0) is 41.5. The van der Waals surface area contributed by atoms with Crippen LogP contribution >= 0.6 is 0 Å². The quantitative estimate of drug-likeness (QED) is 0.176. The van der Waals surface area contributed by atoms with Crippen molar-refractivity contribution in [3.05, 3.63) is 11.6 Å². The molecule has 4 aliphatic carbocycles. The highest BCUT2D eigenvalue weighted by Crippen LogP contribution is 2.70. The molecule has 15 nitrogen and oxygen atoms in total. The van der Waals surface area contributed by atoms with E-state index in [9.17, 15) is 35.1 Å². The van der Waals surface area contributed by atoms with Crippen molar-refractivity contribution in [3.8, 4) is 0 Å². The number of carbonyl (C=O) groups excluding carboxylic acids is 2. The highest BCUT2D eigenvalue weighted by atomic mass is 16.7. The van der Waals surface area contributed by atoms with Gasteiger partial charge < -0.3 is 63.4 Å². The van der Waals surface area contributed by atoms with Gasteiger partial charge in [-0.2, -0.15) is 0 Å². The third kappa shape index (κ3) is 7.49. The summed E-state index contributed by atoms with van der Waals surface area (Å²) in [6, 6.07) is 0. The third-order valence-corrected chi connectivity index (χ3v) is 16.2. The van der Waals surface area contributed by atoms with Gasteiger partial charge in [0, 0.05) is 37.7 Å². The molecule has 4 heterocycles. The van der Waals surface area contributed by atoms with Gasteiger partial charge in [-0.3, -0.25) is 4.79 Å². The Hall–Kier alpha value is -1.76. The zero-order valence-electron chi connectivity index (χ0n) is 34.8. The van der Waals surface area contributed by atoms with Crippen molar-refractivity contribution >= 4 is 11.9 Å². The van der Waals surface area contributed by atoms with E-state index in [1.54, 1.807) is 19.9 Å². The van der Waals surface area contributed by atoms with Gasteiger partial charge in [-0.05, 0) is 107 Å². The summed E-state index contributed by atoms with van der Waals surface area (Å²) in [7, 11) is 0. The normalized spacial score (nSPS) is 53.2. The summed E-state index contributed by atoms with van der Waals surface area (Å²) in [5.74, 6) is -0.345. The van der Waals surface area contributed by atoms with Crippen LogP contribution in [0.1, 0.15) is 112 Å². The van der Waals surface area contributed by atoms with Crippen LogP contribution in [0.15, 0.2) is 11.6 Å². The van der Waals surface area contributed by atoms with E-state index in [2.05, 4.69) is 6.92 Å². The van der Waals surface area contributed by atoms with Crippen molar-refractivity contribution in [2.75, 3.05) is 6.61 Å². The summed E-state index contributed by atoms with van der Waals surface area (Å²) in [6.07, 6.45) is -1.66. The molecular weight excluding hydrogens is 756 g/mol. The lowest BCUT2D eigenvalue weighted by molar-refractivity contribution is -0.336. The fourth-order valence-electron chi connectivity index (χ4n) is 13.1. The highest BCUT2D eigenvalue weighted by Gasteiger charge is 2.71. The van der Waals surface area contributed by atoms with E-state index < -0.39 is 96.9 Å². The predicted molar refractivity (Wildman–Crippen MR) is 202 cm³/mol. The first-order valence-electron chi connectivity index (χ1n) is 21.8. The number of ether oxygens (including phenoxy) is 8. The molecule has 0 unspecified atom stereocenters. The molecule has 3 saturated heterocycles. The second-order valence-electron chi connectivity index (χ2n) is 19.4. The molecule has 4 aliphatic heterocycles. The van der Waals surface area contributed by atoms with Crippen LogP contribution in [0.3, 0.4) is 0 Å². The summed E-state index contributed by atoms with van der Waals surface area (Å²) in [5.41, 5.74) is -0.918. The van der Waals surface area contributed by atoms with Crippen LogP contribution in [0.25, 0.3) is 0 Å². The Balaban J connectivity index is 0.829. The molecule has 21 atom stereocenters. The van der Waals surface area contributed by atoms with E-state index in [1.165, 1.54) is 6.92 Å². The lowest BCUT2D eigenvalue weighted by Gasteiger charge is -2.65. The molecule has 8 aliphatic rings. The number of aliphatic hydroxyl groups excluding tert-OH is 4. The number of fused-ring (bicyclic) bond motifs is 5. The monoisotopic (exact) mass is 822 g/mol. The Morgan fingerprint density at radius 3 is 1.98 bits per heavy atom. The molecule has 0 spiro atoms. The molecule has 0 aromatic rings. The molecule has 15 heteroatoms. The van der Waals surface area contributed by atoms with E-state index in [-0.39, 0.29) is 61.1 Å². The number of hydrogen-bond acceptors (Lipinski definition) is 15. The average Bonchev–Trinajstić information content (AvgIpc) is 3.70. The second kappa shape index (κ2) is 16.2. The van der Waals surface area contributed by atoms with Gasteiger partial charge in [-0.1, -0.05) is 13.8 Å². The van der Waals surface area contributed by atoms with E-state index in [4.69, 9.17) is 37.9 Å². The van der Waals surface area contributed by atoms with Crippen LogP contribution in [-0.4, -0.2) is 136 Å². The molecule has 4 saturated carbocycles. The summed E-state index contributed by atoms with van der Waals surface area (Å²) in [4.78, 5) is 23.5. The highest BCUT2D eigenvalue weighted by molar-refractivity contribution is 5.85. The Bertz CT molecular complexity index is 1530. The molecule has 7 fully saturated rings. The number of carbonyl (C=O) groups is 2. The number of aliphatic hydroxyl groups is 5. The first kappa shape index (κ1) is 42.9. The first-order chi connectivity index (χ1) is 27.4. The summed E-state index contributed by atoms with van der Waals surface area (Å²) < 4.78 is 47.7. The molecule has 58 heavy (non-hydrogen) atoms. The standard InChI is InChI=1S/C43H66O15/c1-20-38(49)32(55-23(4)44)18-37(52-20)58-40-22(3)54-36(17-31(40)46)57-39-21(2)53-35(16-30(39)45)56-26-9-11-41(5)25(14-26)7-8-28-29(41)15-33(47)42(6)27(10-12-43(28,42)50)24-13-34(48)51-19-24/h13,20-22,25-33,35-40,45-47,49-50H,7-12,14-19H2,1-6H3/t20-,21-,22-,25+,26+,27+,28+,29-,30-,31-,32+,33-,35-,36-,37-,38+,39+,40+,41+,42+,43+/m1/s1. The minimum absolute atomic E-state index is 0.0561. The van der Waals surface area contributed by atoms with Gasteiger partial charge in [0.15, 0.2) is 18.9 Å². The van der Waals surface area contributed by atoms with E-state index in [1.807, 2.05) is 13.8 Å². The van der Waals surface area contributed by atoms with E-state index in [0.29, 0.717) is 18.8 Å². The lowest BCUT2D eigenvalue weighted by Crippen LogP contribution is -2.67. The molecule has 0 aromatic carbocycles. The zero-order valence-corrected chi connectivity index (χ0v) is 34.8. The largest absolute Gasteiger partial charge is 0.459 e. The average molecular weight is 823 g/mol. The van der Waals surface area contributed by atoms with Crippen LogP contribution in [0.2, 0.25) is 0 Å². The molecule has 0 amide bonds. The summed E-state index contributed by atoms with van der Waals surface area (Å²) in [6.45, 7) is 11.2. The van der Waals surface area contributed by atoms with Gasteiger partial charge in [0.25, 0.3) is 0 Å². The Morgan fingerprint density at radius 1 is 0.759 bits per heavy atom. The smallest absolute Gasteiger partial charge is 0.331 e. The van der Waals surface area contributed by atoms with Crippen LogP contribution in [-0.2, 0) is 47.5 Å². The Morgan fingerprint density at radius 2 is 1.38 bits per heavy atom. The van der Waals surface area contributed by atoms with Crippen LogP contribution in [0, 0.1) is 34.5 Å². The molecule has 8 rings (SSSR count). The van der Waals surface area contributed by atoms with E-state index in [0.717, 1.165) is 44.1 Å². The minimum atomic E-state index is -1.02. The molecule has 328 valence electrons.